The Bertz CT molecular complexity index is 179. The Labute approximate surface area is 81.4 Å². The lowest BCUT2D eigenvalue weighted by Crippen LogP contribution is -2.34. The van der Waals surface area contributed by atoms with Crippen LogP contribution in [0.2, 0.25) is 0 Å². The molecule has 1 fully saturated rings. The van der Waals surface area contributed by atoms with E-state index in [1.165, 1.54) is 12.0 Å². The van der Waals surface area contributed by atoms with Gasteiger partial charge in [0.1, 0.15) is 0 Å². The highest BCUT2D eigenvalue weighted by Crippen LogP contribution is 2.24. The van der Waals surface area contributed by atoms with Crippen LogP contribution < -0.4 is 5.32 Å². The third-order valence-electron chi connectivity index (χ3n) is 2.74. The second-order valence-electron chi connectivity index (χ2n) is 4.20. The van der Waals surface area contributed by atoms with Crippen LogP contribution in [0.5, 0.6) is 0 Å². The maximum Gasteiger partial charge on any atom is 0.0551 e. The quantitative estimate of drug-likeness (QED) is 0.673. The molecule has 1 aliphatic rings. The highest BCUT2D eigenvalue weighted by Gasteiger charge is 2.28. The zero-order chi connectivity index (χ0) is 9.84. The van der Waals surface area contributed by atoms with Crippen molar-refractivity contribution in [3.63, 3.8) is 0 Å². The van der Waals surface area contributed by atoms with Crippen LogP contribution in [0, 0.1) is 5.92 Å². The molecular formula is C11H21NO. The molecule has 0 spiro atoms. The van der Waals surface area contributed by atoms with Gasteiger partial charge in [0.25, 0.3) is 0 Å². The predicted octanol–water partition coefficient (Wildman–Crippen LogP) is 1.97. The van der Waals surface area contributed by atoms with E-state index in [2.05, 4.69) is 25.7 Å². The summed E-state index contributed by atoms with van der Waals surface area (Å²) in [5.41, 5.74) is 1.25. The standard InChI is InChI=1S/C11H21NO/c1-8(2)5-11(12-4)10-6-9(3)13-7-10/h9-12H,1,5-7H2,2-4H3. The third-order valence-corrected chi connectivity index (χ3v) is 2.74. The van der Waals surface area contributed by atoms with Crippen molar-refractivity contribution in [3.05, 3.63) is 12.2 Å². The monoisotopic (exact) mass is 183 g/mol. The first-order valence-electron chi connectivity index (χ1n) is 5.06. The lowest BCUT2D eigenvalue weighted by Gasteiger charge is -2.21. The molecule has 2 nitrogen and oxygen atoms in total. The number of hydrogen-bond acceptors (Lipinski definition) is 2. The predicted molar refractivity (Wildman–Crippen MR) is 55.8 cm³/mol. The van der Waals surface area contributed by atoms with Crippen LogP contribution in [0.15, 0.2) is 12.2 Å². The summed E-state index contributed by atoms with van der Waals surface area (Å²) in [5.74, 6) is 0.664. The van der Waals surface area contributed by atoms with E-state index in [9.17, 15) is 0 Å². The summed E-state index contributed by atoms with van der Waals surface area (Å²) in [6, 6.07) is 0.544. The van der Waals surface area contributed by atoms with Crippen LogP contribution in [0.4, 0.5) is 0 Å². The van der Waals surface area contributed by atoms with E-state index >= 15 is 0 Å². The minimum atomic E-state index is 0.436. The van der Waals surface area contributed by atoms with E-state index in [-0.39, 0.29) is 0 Å². The maximum absolute atomic E-state index is 5.56. The van der Waals surface area contributed by atoms with Crippen molar-refractivity contribution in [2.24, 2.45) is 5.92 Å². The van der Waals surface area contributed by atoms with Gasteiger partial charge in [0.05, 0.1) is 12.7 Å². The van der Waals surface area contributed by atoms with Gasteiger partial charge in [-0.2, -0.15) is 0 Å². The molecule has 3 atom stereocenters. The van der Waals surface area contributed by atoms with E-state index in [0.717, 1.165) is 13.0 Å². The Balaban J connectivity index is 2.42. The van der Waals surface area contributed by atoms with E-state index in [4.69, 9.17) is 4.74 Å². The third kappa shape index (κ3) is 3.12. The first-order chi connectivity index (χ1) is 6.13. The summed E-state index contributed by atoms with van der Waals surface area (Å²) < 4.78 is 5.56. The lowest BCUT2D eigenvalue weighted by atomic mass is 9.92. The van der Waals surface area contributed by atoms with Crippen molar-refractivity contribution < 1.29 is 4.74 Å². The summed E-state index contributed by atoms with van der Waals surface area (Å²) in [4.78, 5) is 0. The first kappa shape index (κ1) is 10.7. The second kappa shape index (κ2) is 4.77. The van der Waals surface area contributed by atoms with Gasteiger partial charge in [-0.15, -0.1) is 6.58 Å². The van der Waals surface area contributed by atoms with Gasteiger partial charge in [0.2, 0.25) is 0 Å². The molecule has 1 aliphatic heterocycles. The summed E-state index contributed by atoms with van der Waals surface area (Å²) in [7, 11) is 2.02. The summed E-state index contributed by atoms with van der Waals surface area (Å²) in [6.45, 7) is 9.09. The number of ether oxygens (including phenoxy) is 1. The zero-order valence-corrected chi connectivity index (χ0v) is 8.97. The van der Waals surface area contributed by atoms with Gasteiger partial charge in [-0.3, -0.25) is 0 Å². The average Bonchev–Trinajstić information content (AvgIpc) is 2.47. The Morgan fingerprint density at radius 2 is 2.38 bits per heavy atom. The first-order valence-corrected chi connectivity index (χ1v) is 5.06. The summed E-state index contributed by atoms with van der Waals surface area (Å²) in [6.07, 6.45) is 2.68. The molecule has 1 rings (SSSR count). The Morgan fingerprint density at radius 3 is 2.77 bits per heavy atom. The fourth-order valence-corrected chi connectivity index (χ4v) is 2.01. The lowest BCUT2D eigenvalue weighted by molar-refractivity contribution is 0.117. The van der Waals surface area contributed by atoms with Crippen LogP contribution >= 0.6 is 0 Å². The summed E-state index contributed by atoms with van der Waals surface area (Å²) in [5, 5.41) is 3.36. The van der Waals surface area contributed by atoms with Crippen molar-refractivity contribution in [1.82, 2.24) is 5.32 Å². The molecular weight excluding hydrogens is 162 g/mol. The molecule has 2 heteroatoms. The van der Waals surface area contributed by atoms with Gasteiger partial charge in [-0.1, -0.05) is 5.57 Å². The van der Waals surface area contributed by atoms with Crippen LogP contribution in [0.25, 0.3) is 0 Å². The normalized spacial score (nSPS) is 30.4. The van der Waals surface area contributed by atoms with Gasteiger partial charge in [0.15, 0.2) is 0 Å². The molecule has 1 N–H and O–H groups in total. The Morgan fingerprint density at radius 1 is 1.69 bits per heavy atom. The molecule has 3 unspecified atom stereocenters. The van der Waals surface area contributed by atoms with E-state index in [0.29, 0.717) is 18.1 Å². The average molecular weight is 183 g/mol. The van der Waals surface area contributed by atoms with Crippen molar-refractivity contribution in [2.75, 3.05) is 13.7 Å². The molecule has 0 aromatic rings. The Kier molecular flexibility index (Phi) is 3.94. The van der Waals surface area contributed by atoms with E-state index < -0.39 is 0 Å². The highest BCUT2D eigenvalue weighted by molar-refractivity contribution is 4.95. The molecule has 0 saturated carbocycles. The van der Waals surface area contributed by atoms with Gasteiger partial charge in [0, 0.05) is 12.0 Å². The van der Waals surface area contributed by atoms with Crippen LogP contribution in [0.3, 0.4) is 0 Å². The van der Waals surface area contributed by atoms with Gasteiger partial charge < -0.3 is 10.1 Å². The van der Waals surface area contributed by atoms with E-state index in [1.54, 1.807) is 0 Å². The highest BCUT2D eigenvalue weighted by atomic mass is 16.5. The number of hydrogen-bond donors (Lipinski definition) is 1. The number of rotatable bonds is 4. The topological polar surface area (TPSA) is 21.3 Å². The molecule has 0 amide bonds. The maximum atomic E-state index is 5.56. The van der Waals surface area contributed by atoms with Crippen molar-refractivity contribution in [1.29, 1.82) is 0 Å². The minimum absolute atomic E-state index is 0.436. The smallest absolute Gasteiger partial charge is 0.0551 e. The molecule has 76 valence electrons. The van der Waals surface area contributed by atoms with Gasteiger partial charge in [-0.25, -0.2) is 0 Å². The van der Waals surface area contributed by atoms with Crippen molar-refractivity contribution in [3.8, 4) is 0 Å². The SMILES string of the molecule is C=C(C)CC(NC)C1COC(C)C1. The molecule has 0 aliphatic carbocycles. The van der Waals surface area contributed by atoms with Crippen molar-refractivity contribution in [2.45, 2.75) is 38.8 Å². The minimum Gasteiger partial charge on any atom is -0.378 e. The van der Waals surface area contributed by atoms with Crippen LogP contribution in [-0.4, -0.2) is 25.8 Å². The summed E-state index contributed by atoms with van der Waals surface area (Å²) >= 11 is 0. The molecule has 13 heavy (non-hydrogen) atoms. The van der Waals surface area contributed by atoms with Gasteiger partial charge >= 0.3 is 0 Å². The van der Waals surface area contributed by atoms with Crippen LogP contribution in [-0.2, 0) is 4.74 Å². The largest absolute Gasteiger partial charge is 0.378 e. The zero-order valence-electron chi connectivity index (χ0n) is 8.97. The van der Waals surface area contributed by atoms with Gasteiger partial charge in [-0.05, 0) is 33.7 Å². The van der Waals surface area contributed by atoms with E-state index in [1.807, 2.05) is 7.05 Å². The van der Waals surface area contributed by atoms with Crippen LogP contribution in [0.1, 0.15) is 26.7 Å². The fraction of sp³-hybridized carbons (Fsp3) is 0.818. The molecule has 0 aromatic carbocycles. The molecule has 0 bridgehead atoms. The number of nitrogens with one attached hydrogen (secondary N) is 1. The second-order valence-corrected chi connectivity index (χ2v) is 4.20. The van der Waals surface area contributed by atoms with Crippen molar-refractivity contribution >= 4 is 0 Å². The fourth-order valence-electron chi connectivity index (χ4n) is 2.01. The molecule has 0 radical (unpaired) electrons. The molecule has 1 saturated heterocycles. The Hall–Kier alpha value is -0.340. The molecule has 1 heterocycles. The molecule has 0 aromatic heterocycles.